The van der Waals surface area contributed by atoms with Crippen molar-refractivity contribution in [2.75, 3.05) is 13.2 Å². The molecule has 0 heterocycles. The fourth-order valence-corrected chi connectivity index (χ4v) is 9.17. The highest BCUT2D eigenvalue weighted by atomic mass is 16.6. The molecular formula is C77H126O6. The summed E-state index contributed by atoms with van der Waals surface area (Å²) in [6.07, 6.45) is 100. The molecule has 1 unspecified atom stereocenters. The van der Waals surface area contributed by atoms with Crippen LogP contribution < -0.4 is 0 Å². The SMILES string of the molecule is CC/C=C\C/C=C\C/C=C\C/C=C\C/C=C\C/C=C\C/C=C\CCCCCC(=O)OC(COC(=O)CCCCCCC/C=C\C/C=C\CCC)COC(=O)CCCCCCCCCCCCCC/C=C\C/C=C\C/C=C\CCCCCCC. The largest absolute Gasteiger partial charge is 0.462 e. The third kappa shape index (κ3) is 68.0. The molecule has 0 fully saturated rings. The molecule has 6 nitrogen and oxygen atoms in total. The first-order valence-electron chi connectivity index (χ1n) is 34.3. The van der Waals surface area contributed by atoms with Crippen molar-refractivity contribution in [2.24, 2.45) is 0 Å². The quantitative estimate of drug-likeness (QED) is 0.0261. The molecule has 0 aromatic rings. The van der Waals surface area contributed by atoms with Crippen LogP contribution in [0.1, 0.15) is 303 Å². The van der Waals surface area contributed by atoms with Crippen LogP contribution in [0.15, 0.2) is 146 Å². The molecule has 0 amide bonds. The van der Waals surface area contributed by atoms with Crippen molar-refractivity contribution in [3.63, 3.8) is 0 Å². The fourth-order valence-electron chi connectivity index (χ4n) is 9.17. The molecule has 0 aliphatic rings. The van der Waals surface area contributed by atoms with Gasteiger partial charge in [-0.3, -0.25) is 14.4 Å². The molecule has 470 valence electrons. The van der Waals surface area contributed by atoms with Crippen molar-refractivity contribution in [1.29, 1.82) is 0 Å². The number of carbonyl (C=O) groups is 3. The Labute approximate surface area is 512 Å². The zero-order valence-corrected chi connectivity index (χ0v) is 53.9. The van der Waals surface area contributed by atoms with E-state index in [0.717, 1.165) is 148 Å². The zero-order valence-electron chi connectivity index (χ0n) is 53.9. The van der Waals surface area contributed by atoms with Crippen LogP contribution in [0.3, 0.4) is 0 Å². The van der Waals surface area contributed by atoms with Gasteiger partial charge in [-0.15, -0.1) is 0 Å². The molecule has 83 heavy (non-hydrogen) atoms. The van der Waals surface area contributed by atoms with Crippen molar-refractivity contribution in [2.45, 2.75) is 309 Å². The van der Waals surface area contributed by atoms with E-state index < -0.39 is 6.10 Å². The molecule has 0 radical (unpaired) electrons. The second kappa shape index (κ2) is 69.8. The summed E-state index contributed by atoms with van der Waals surface area (Å²) in [4.78, 5) is 38.4. The Bertz CT molecular complexity index is 1800. The fraction of sp³-hybridized carbons (Fsp3) is 0.649. The summed E-state index contributed by atoms with van der Waals surface area (Å²) >= 11 is 0. The maximum atomic E-state index is 12.9. The summed E-state index contributed by atoms with van der Waals surface area (Å²) in [6.45, 7) is 6.42. The summed E-state index contributed by atoms with van der Waals surface area (Å²) in [7, 11) is 0. The second-order valence-electron chi connectivity index (χ2n) is 22.3. The van der Waals surface area contributed by atoms with Crippen molar-refractivity contribution in [1.82, 2.24) is 0 Å². The minimum atomic E-state index is -0.810. The minimum Gasteiger partial charge on any atom is -0.462 e. The van der Waals surface area contributed by atoms with Crippen LogP contribution >= 0.6 is 0 Å². The normalized spacial score (nSPS) is 13.0. The van der Waals surface area contributed by atoms with Crippen LogP contribution in [-0.2, 0) is 28.6 Å². The molecule has 0 aliphatic heterocycles. The standard InChI is InChI=1S/C77H126O6/c1-4-7-10-13-16-19-22-25-27-29-31-33-35-37-38-40-41-43-45-47-49-52-55-58-61-64-67-70-76(79)82-73-74(72-81-75(78)69-66-63-60-57-54-51-24-21-18-15-12-9-6-3)83-77(80)71-68-65-62-59-56-53-50-48-46-44-42-39-36-34-32-30-28-26-23-20-17-14-11-8-5-2/h8,11-12,15,17,20-22,24-26,28-29,31-32,34-35,37,39,42,46,48,53,56,74H,4-7,9-10,13-14,16,18-19,23,27,30,33,36,38,40-41,43-45,47,49-52,54-55,57-73H2,1-3H3/b11-8-,15-12-,20-17-,24-21-,25-22-,28-26-,31-29-,34-32-,37-35-,42-39-,48-46-,56-53-. The van der Waals surface area contributed by atoms with Gasteiger partial charge >= 0.3 is 17.9 Å². The average Bonchev–Trinajstić information content (AvgIpc) is 3.49. The Morgan fingerprint density at radius 1 is 0.253 bits per heavy atom. The van der Waals surface area contributed by atoms with Gasteiger partial charge in [-0.25, -0.2) is 0 Å². The van der Waals surface area contributed by atoms with E-state index in [1.54, 1.807) is 0 Å². The summed E-state index contributed by atoms with van der Waals surface area (Å²) in [6, 6.07) is 0. The Hall–Kier alpha value is -4.71. The van der Waals surface area contributed by atoms with E-state index in [9.17, 15) is 14.4 Å². The second-order valence-corrected chi connectivity index (χ2v) is 22.3. The number of esters is 3. The lowest BCUT2D eigenvalue weighted by Gasteiger charge is -2.18. The lowest BCUT2D eigenvalue weighted by molar-refractivity contribution is -0.167. The predicted octanol–water partition coefficient (Wildman–Crippen LogP) is 23.9. The van der Waals surface area contributed by atoms with Crippen molar-refractivity contribution in [3.05, 3.63) is 146 Å². The van der Waals surface area contributed by atoms with Crippen LogP contribution in [0.25, 0.3) is 0 Å². The van der Waals surface area contributed by atoms with Crippen LogP contribution in [0.2, 0.25) is 0 Å². The summed E-state index contributed by atoms with van der Waals surface area (Å²) in [5, 5.41) is 0. The number of hydrogen-bond donors (Lipinski definition) is 0. The van der Waals surface area contributed by atoms with Crippen molar-refractivity contribution >= 4 is 17.9 Å². The number of carbonyl (C=O) groups excluding carboxylic acids is 3. The Balaban J connectivity index is 4.40. The number of hydrogen-bond acceptors (Lipinski definition) is 6. The molecule has 0 saturated heterocycles. The first-order valence-corrected chi connectivity index (χ1v) is 34.3. The zero-order chi connectivity index (χ0) is 59.9. The number of rotatable bonds is 61. The van der Waals surface area contributed by atoms with E-state index in [-0.39, 0.29) is 37.5 Å². The molecule has 0 aliphatic carbocycles. The van der Waals surface area contributed by atoms with Crippen LogP contribution in [0.5, 0.6) is 0 Å². The van der Waals surface area contributed by atoms with Crippen LogP contribution in [0, 0.1) is 0 Å². The highest BCUT2D eigenvalue weighted by Crippen LogP contribution is 2.15. The topological polar surface area (TPSA) is 78.9 Å². The smallest absolute Gasteiger partial charge is 0.306 e. The van der Waals surface area contributed by atoms with Crippen LogP contribution in [0.4, 0.5) is 0 Å². The predicted molar refractivity (Wildman–Crippen MR) is 362 cm³/mol. The maximum Gasteiger partial charge on any atom is 0.306 e. The lowest BCUT2D eigenvalue weighted by atomic mass is 10.0. The van der Waals surface area contributed by atoms with E-state index >= 15 is 0 Å². The Morgan fingerprint density at radius 2 is 0.494 bits per heavy atom. The van der Waals surface area contributed by atoms with E-state index in [2.05, 4.69) is 167 Å². The highest BCUT2D eigenvalue weighted by Gasteiger charge is 2.19. The monoisotopic (exact) mass is 1150 g/mol. The third-order valence-corrected chi connectivity index (χ3v) is 14.3. The third-order valence-electron chi connectivity index (χ3n) is 14.3. The van der Waals surface area contributed by atoms with Gasteiger partial charge in [0.2, 0.25) is 0 Å². The van der Waals surface area contributed by atoms with Gasteiger partial charge in [0.25, 0.3) is 0 Å². The van der Waals surface area contributed by atoms with Crippen molar-refractivity contribution in [3.8, 4) is 0 Å². The molecule has 0 bridgehead atoms. The summed E-state index contributed by atoms with van der Waals surface area (Å²) < 4.78 is 16.9. The summed E-state index contributed by atoms with van der Waals surface area (Å²) in [5.41, 5.74) is 0. The van der Waals surface area contributed by atoms with Crippen LogP contribution in [-0.4, -0.2) is 37.2 Å². The van der Waals surface area contributed by atoms with E-state index in [1.165, 1.54) is 109 Å². The van der Waals surface area contributed by atoms with Gasteiger partial charge in [0.15, 0.2) is 6.10 Å². The van der Waals surface area contributed by atoms with Gasteiger partial charge in [-0.1, -0.05) is 289 Å². The van der Waals surface area contributed by atoms with E-state index in [0.29, 0.717) is 19.3 Å². The molecule has 0 aromatic carbocycles. The van der Waals surface area contributed by atoms with Gasteiger partial charge in [-0.2, -0.15) is 0 Å². The van der Waals surface area contributed by atoms with E-state index in [4.69, 9.17) is 14.2 Å². The molecule has 6 heteroatoms. The van der Waals surface area contributed by atoms with E-state index in [1.807, 2.05) is 0 Å². The minimum absolute atomic E-state index is 0.102. The van der Waals surface area contributed by atoms with Gasteiger partial charge < -0.3 is 14.2 Å². The molecular weight excluding hydrogens is 1020 g/mol. The molecule has 1 atom stereocenters. The van der Waals surface area contributed by atoms with Gasteiger partial charge in [0.05, 0.1) is 0 Å². The highest BCUT2D eigenvalue weighted by molar-refractivity contribution is 5.71. The Morgan fingerprint density at radius 3 is 0.795 bits per heavy atom. The molecule has 0 spiro atoms. The van der Waals surface area contributed by atoms with Gasteiger partial charge in [-0.05, 0) is 141 Å². The first-order chi connectivity index (χ1) is 41.0. The lowest BCUT2D eigenvalue weighted by Crippen LogP contribution is -2.30. The Kier molecular flexibility index (Phi) is 65.8. The average molecular weight is 1150 g/mol. The molecule has 0 aromatic heterocycles. The summed E-state index contributed by atoms with van der Waals surface area (Å²) in [5.74, 6) is -0.949. The van der Waals surface area contributed by atoms with Crippen molar-refractivity contribution < 1.29 is 28.6 Å². The van der Waals surface area contributed by atoms with Gasteiger partial charge in [0.1, 0.15) is 13.2 Å². The first kappa shape index (κ1) is 78.3. The number of unbranched alkanes of at least 4 members (excludes halogenated alkanes) is 26. The number of ether oxygens (including phenoxy) is 3. The molecule has 0 saturated carbocycles. The molecule has 0 N–H and O–H groups in total. The number of allylic oxidation sites excluding steroid dienone is 24. The van der Waals surface area contributed by atoms with Gasteiger partial charge in [0, 0.05) is 19.3 Å². The maximum absolute atomic E-state index is 12.9. The molecule has 0 rings (SSSR count).